The first-order chi connectivity index (χ1) is 9.56. The highest BCUT2D eigenvalue weighted by molar-refractivity contribution is 5.44. The van der Waals surface area contributed by atoms with Crippen molar-refractivity contribution < 1.29 is 9.47 Å². The number of nitrogens with two attached hydrogens (primary N) is 1. The van der Waals surface area contributed by atoms with Crippen molar-refractivity contribution in [3.63, 3.8) is 0 Å². The van der Waals surface area contributed by atoms with Crippen LogP contribution in [0.4, 0.5) is 0 Å². The van der Waals surface area contributed by atoms with Crippen LogP contribution in [0.5, 0.6) is 11.5 Å². The lowest BCUT2D eigenvalue weighted by atomic mass is 10.1. The van der Waals surface area contributed by atoms with E-state index >= 15 is 0 Å². The number of nitrogens with zero attached hydrogens (tertiary/aromatic N) is 1. The van der Waals surface area contributed by atoms with E-state index in [9.17, 15) is 0 Å². The molecule has 0 saturated heterocycles. The molecule has 1 aromatic rings. The van der Waals surface area contributed by atoms with E-state index in [-0.39, 0.29) is 6.04 Å². The van der Waals surface area contributed by atoms with Gasteiger partial charge in [0.2, 0.25) is 0 Å². The topological polar surface area (TPSA) is 47.7 Å². The first-order valence-corrected chi connectivity index (χ1v) is 7.40. The van der Waals surface area contributed by atoms with Gasteiger partial charge in [0.05, 0.1) is 0 Å². The molecule has 1 aromatic carbocycles. The van der Waals surface area contributed by atoms with Gasteiger partial charge in [0.1, 0.15) is 13.2 Å². The van der Waals surface area contributed by atoms with Gasteiger partial charge < -0.3 is 20.1 Å². The fraction of sp³-hybridized carbons (Fsp3) is 0.625. The third kappa shape index (κ3) is 4.12. The molecule has 4 nitrogen and oxygen atoms in total. The zero-order chi connectivity index (χ0) is 14.5. The van der Waals surface area contributed by atoms with E-state index in [4.69, 9.17) is 15.2 Å². The predicted molar refractivity (Wildman–Crippen MR) is 81.3 cm³/mol. The Morgan fingerprint density at radius 2 is 1.90 bits per heavy atom. The molecule has 2 N–H and O–H groups in total. The summed E-state index contributed by atoms with van der Waals surface area (Å²) in [7, 11) is 2.13. The van der Waals surface area contributed by atoms with Crippen molar-refractivity contribution in [2.45, 2.75) is 26.3 Å². The molecular weight excluding hydrogens is 252 g/mol. The largest absolute Gasteiger partial charge is 0.486 e. The molecule has 0 radical (unpaired) electrons. The molecular formula is C16H26N2O2. The fourth-order valence-electron chi connectivity index (χ4n) is 2.30. The normalized spacial score (nSPS) is 15.7. The molecule has 1 unspecified atom stereocenters. The van der Waals surface area contributed by atoms with E-state index in [1.165, 1.54) is 6.42 Å². The number of likely N-dealkylation sites (N-methyl/N-ethyl adjacent to an activating group) is 1. The van der Waals surface area contributed by atoms with Crippen LogP contribution in [0.1, 0.15) is 31.9 Å². The summed E-state index contributed by atoms with van der Waals surface area (Å²) in [5.74, 6) is 2.36. The van der Waals surface area contributed by atoms with Crippen LogP contribution in [0.2, 0.25) is 0 Å². The summed E-state index contributed by atoms with van der Waals surface area (Å²) < 4.78 is 11.1. The smallest absolute Gasteiger partial charge is 0.161 e. The van der Waals surface area contributed by atoms with Crippen LogP contribution in [0.25, 0.3) is 0 Å². The molecule has 1 aliphatic heterocycles. The van der Waals surface area contributed by atoms with Gasteiger partial charge in [-0.3, -0.25) is 0 Å². The van der Waals surface area contributed by atoms with Crippen molar-refractivity contribution in [3.8, 4) is 11.5 Å². The number of ether oxygens (including phenoxy) is 2. The van der Waals surface area contributed by atoms with Crippen LogP contribution in [0.3, 0.4) is 0 Å². The Kier molecular flexibility index (Phi) is 5.26. The minimum Gasteiger partial charge on any atom is -0.486 e. The second-order valence-corrected chi connectivity index (χ2v) is 5.95. The summed E-state index contributed by atoms with van der Waals surface area (Å²) in [4.78, 5) is 2.29. The fourth-order valence-corrected chi connectivity index (χ4v) is 2.30. The lowest BCUT2D eigenvalue weighted by Gasteiger charge is -2.24. The highest BCUT2D eigenvalue weighted by Gasteiger charge is 2.15. The summed E-state index contributed by atoms with van der Waals surface area (Å²) in [6, 6.07) is 6.00. The maximum absolute atomic E-state index is 6.30. The molecule has 112 valence electrons. The van der Waals surface area contributed by atoms with Crippen LogP contribution in [0, 0.1) is 5.92 Å². The Labute approximate surface area is 121 Å². The maximum Gasteiger partial charge on any atom is 0.161 e. The Hall–Kier alpha value is -1.26. The molecule has 2 rings (SSSR count). The van der Waals surface area contributed by atoms with E-state index in [2.05, 4.69) is 25.8 Å². The molecule has 0 aromatic heterocycles. The summed E-state index contributed by atoms with van der Waals surface area (Å²) in [5.41, 5.74) is 7.40. The minimum atomic E-state index is 0.00277. The monoisotopic (exact) mass is 278 g/mol. The van der Waals surface area contributed by atoms with Gasteiger partial charge in [0, 0.05) is 12.6 Å². The van der Waals surface area contributed by atoms with Crippen LogP contribution >= 0.6 is 0 Å². The third-order valence-corrected chi connectivity index (χ3v) is 3.59. The predicted octanol–water partition coefficient (Wildman–Crippen LogP) is 2.44. The first kappa shape index (κ1) is 15.1. The minimum absolute atomic E-state index is 0.00277. The molecule has 1 atom stereocenters. The van der Waals surface area contributed by atoms with E-state index in [0.717, 1.165) is 36.1 Å². The molecule has 0 bridgehead atoms. The lowest BCUT2D eigenvalue weighted by Crippen LogP contribution is -2.30. The highest BCUT2D eigenvalue weighted by Crippen LogP contribution is 2.32. The van der Waals surface area contributed by atoms with Gasteiger partial charge >= 0.3 is 0 Å². The van der Waals surface area contributed by atoms with Gasteiger partial charge in [0.15, 0.2) is 11.5 Å². The molecule has 0 spiro atoms. The molecule has 1 aliphatic rings. The van der Waals surface area contributed by atoms with Gasteiger partial charge in [-0.25, -0.2) is 0 Å². The van der Waals surface area contributed by atoms with E-state index in [1.54, 1.807) is 0 Å². The second kappa shape index (κ2) is 6.95. The SMILES string of the molecule is CC(C)CCN(C)CC(N)c1ccc2c(c1)OCCO2. The van der Waals surface area contributed by atoms with Crippen molar-refractivity contribution >= 4 is 0 Å². The van der Waals surface area contributed by atoms with Crippen molar-refractivity contribution in [2.24, 2.45) is 11.7 Å². The van der Waals surface area contributed by atoms with Gasteiger partial charge in [-0.2, -0.15) is 0 Å². The van der Waals surface area contributed by atoms with Crippen LogP contribution in [0.15, 0.2) is 18.2 Å². The Morgan fingerprint density at radius 3 is 2.60 bits per heavy atom. The van der Waals surface area contributed by atoms with Gasteiger partial charge in [0.25, 0.3) is 0 Å². The van der Waals surface area contributed by atoms with Crippen molar-refractivity contribution in [1.82, 2.24) is 4.90 Å². The number of benzene rings is 1. The van der Waals surface area contributed by atoms with Crippen LogP contribution in [-0.4, -0.2) is 38.3 Å². The highest BCUT2D eigenvalue weighted by atomic mass is 16.6. The summed E-state index contributed by atoms with van der Waals surface area (Å²) >= 11 is 0. The first-order valence-electron chi connectivity index (χ1n) is 7.40. The standard InChI is InChI=1S/C16H26N2O2/c1-12(2)6-7-18(3)11-14(17)13-4-5-15-16(10-13)20-9-8-19-15/h4-5,10,12,14H,6-9,11,17H2,1-3H3. The van der Waals surface area contributed by atoms with Gasteiger partial charge in [-0.05, 0) is 43.6 Å². The van der Waals surface area contributed by atoms with Crippen LogP contribution < -0.4 is 15.2 Å². The van der Waals surface area contributed by atoms with E-state index in [0.29, 0.717) is 13.2 Å². The summed E-state index contributed by atoms with van der Waals surface area (Å²) in [6.45, 7) is 7.65. The van der Waals surface area contributed by atoms with E-state index < -0.39 is 0 Å². The molecule has 0 aliphatic carbocycles. The molecule has 1 heterocycles. The molecule has 0 fully saturated rings. The van der Waals surface area contributed by atoms with Gasteiger partial charge in [-0.1, -0.05) is 19.9 Å². The second-order valence-electron chi connectivity index (χ2n) is 5.95. The number of hydrogen-bond donors (Lipinski definition) is 1. The Balaban J connectivity index is 1.93. The summed E-state index contributed by atoms with van der Waals surface area (Å²) in [5, 5.41) is 0. The number of rotatable bonds is 6. The van der Waals surface area contributed by atoms with Crippen molar-refractivity contribution in [1.29, 1.82) is 0 Å². The van der Waals surface area contributed by atoms with Crippen molar-refractivity contribution in [3.05, 3.63) is 23.8 Å². The average molecular weight is 278 g/mol. The zero-order valence-corrected chi connectivity index (χ0v) is 12.8. The molecule has 0 amide bonds. The zero-order valence-electron chi connectivity index (χ0n) is 12.8. The number of hydrogen-bond acceptors (Lipinski definition) is 4. The van der Waals surface area contributed by atoms with Crippen molar-refractivity contribution in [2.75, 3.05) is 33.4 Å². The molecule has 4 heteroatoms. The quantitative estimate of drug-likeness (QED) is 0.868. The van der Waals surface area contributed by atoms with Crippen LogP contribution in [-0.2, 0) is 0 Å². The average Bonchev–Trinajstić information content (AvgIpc) is 2.44. The van der Waals surface area contributed by atoms with Gasteiger partial charge in [-0.15, -0.1) is 0 Å². The van der Waals surface area contributed by atoms with E-state index in [1.807, 2.05) is 18.2 Å². The maximum atomic E-state index is 6.30. The summed E-state index contributed by atoms with van der Waals surface area (Å²) in [6.07, 6.45) is 1.20. The Morgan fingerprint density at radius 1 is 1.20 bits per heavy atom. The third-order valence-electron chi connectivity index (χ3n) is 3.59. The number of fused-ring (bicyclic) bond motifs is 1. The molecule has 20 heavy (non-hydrogen) atoms. The molecule has 0 saturated carbocycles. The Bertz CT molecular complexity index is 434. The lowest BCUT2D eigenvalue weighted by molar-refractivity contribution is 0.171.